The maximum atomic E-state index is 12.5. The Morgan fingerprint density at radius 1 is 1.30 bits per heavy atom. The molecule has 1 aliphatic heterocycles. The fourth-order valence-corrected chi connectivity index (χ4v) is 5.82. The molecule has 2 aromatic rings. The van der Waals surface area contributed by atoms with Crippen LogP contribution in [0.1, 0.15) is 63.3 Å². The Morgan fingerprint density at radius 3 is 2.87 bits per heavy atom. The van der Waals surface area contributed by atoms with E-state index in [0.717, 1.165) is 30.5 Å². The van der Waals surface area contributed by atoms with E-state index < -0.39 is 10.0 Å². The van der Waals surface area contributed by atoms with Gasteiger partial charge >= 0.3 is 6.09 Å². The van der Waals surface area contributed by atoms with E-state index in [1.165, 1.54) is 0 Å². The van der Waals surface area contributed by atoms with Crippen LogP contribution in [0.25, 0.3) is 0 Å². The summed E-state index contributed by atoms with van der Waals surface area (Å²) in [5.41, 5.74) is 2.18. The molecule has 4 rings (SSSR count). The molecule has 30 heavy (non-hydrogen) atoms. The number of fused-ring (bicyclic) bond motifs is 1. The molecular formula is C20H27N5O4S. The summed E-state index contributed by atoms with van der Waals surface area (Å²) in [4.78, 5) is 12.1. The van der Waals surface area contributed by atoms with E-state index >= 15 is 0 Å². The summed E-state index contributed by atoms with van der Waals surface area (Å²) in [6.07, 6.45) is 1.90. The smallest absolute Gasteiger partial charge is 0.407 e. The summed E-state index contributed by atoms with van der Waals surface area (Å²) >= 11 is 0. The third-order valence-electron chi connectivity index (χ3n) is 5.48. The van der Waals surface area contributed by atoms with Crippen LogP contribution in [0, 0.1) is 0 Å². The van der Waals surface area contributed by atoms with Crippen molar-refractivity contribution in [3.63, 3.8) is 0 Å². The van der Waals surface area contributed by atoms with Gasteiger partial charge in [-0.2, -0.15) is 5.10 Å². The van der Waals surface area contributed by atoms with Crippen molar-refractivity contribution in [3.05, 3.63) is 35.5 Å². The number of benzene rings is 1. The van der Waals surface area contributed by atoms with E-state index in [0.29, 0.717) is 11.5 Å². The second-order valence-electron chi connectivity index (χ2n) is 8.24. The fraction of sp³-hybridized carbons (Fsp3) is 0.500. The highest BCUT2D eigenvalue weighted by atomic mass is 32.2. The van der Waals surface area contributed by atoms with Crippen molar-refractivity contribution in [2.75, 3.05) is 5.32 Å². The van der Waals surface area contributed by atoms with Crippen LogP contribution in [0.3, 0.4) is 0 Å². The zero-order valence-electron chi connectivity index (χ0n) is 17.2. The molecule has 4 N–H and O–H groups in total. The van der Waals surface area contributed by atoms with Crippen molar-refractivity contribution >= 4 is 27.6 Å². The minimum absolute atomic E-state index is 0.0392. The number of carbonyl (C=O) groups is 1. The summed E-state index contributed by atoms with van der Waals surface area (Å²) in [6, 6.07) is 7.04. The number of H-pyrrole nitrogens is 1. The van der Waals surface area contributed by atoms with E-state index in [4.69, 9.17) is 4.74 Å². The van der Waals surface area contributed by atoms with Crippen LogP contribution in [0.4, 0.5) is 16.3 Å². The monoisotopic (exact) mass is 433 g/mol. The Labute approximate surface area is 176 Å². The molecule has 3 atom stereocenters. The van der Waals surface area contributed by atoms with E-state index in [-0.39, 0.29) is 35.1 Å². The number of aromatic amines is 1. The number of sulfonamides is 1. The predicted octanol–water partition coefficient (Wildman–Crippen LogP) is 3.28. The number of hydrogen-bond donors (Lipinski definition) is 4. The first kappa shape index (κ1) is 20.7. The average Bonchev–Trinajstić information content (AvgIpc) is 3.34. The third kappa shape index (κ3) is 4.15. The Kier molecular flexibility index (Phi) is 5.46. The third-order valence-corrected chi connectivity index (χ3v) is 7.13. The number of ether oxygens (including phenoxy) is 1. The van der Waals surface area contributed by atoms with Crippen molar-refractivity contribution in [3.8, 4) is 0 Å². The topological polar surface area (TPSA) is 125 Å². The Bertz CT molecular complexity index is 1050. The number of anilines is 2. The van der Waals surface area contributed by atoms with Gasteiger partial charge in [-0.15, -0.1) is 0 Å². The van der Waals surface area contributed by atoms with Crippen LogP contribution in [-0.2, 0) is 14.8 Å². The molecule has 2 aliphatic rings. The van der Waals surface area contributed by atoms with Crippen LogP contribution in [0.15, 0.2) is 29.2 Å². The second-order valence-corrected chi connectivity index (χ2v) is 9.89. The molecule has 1 aromatic carbocycles. The average molecular weight is 434 g/mol. The summed E-state index contributed by atoms with van der Waals surface area (Å²) in [6.45, 7) is 5.60. The number of nitrogens with one attached hydrogen (secondary N) is 4. The molecule has 1 aromatic heterocycles. The fourth-order valence-electron chi connectivity index (χ4n) is 4.15. The highest BCUT2D eigenvalue weighted by Gasteiger charge is 2.34. The van der Waals surface area contributed by atoms with Crippen LogP contribution >= 0.6 is 0 Å². The van der Waals surface area contributed by atoms with Crippen LogP contribution in [0.2, 0.25) is 0 Å². The zero-order valence-corrected chi connectivity index (χ0v) is 18.0. The molecule has 162 valence electrons. The number of rotatable bonds is 5. The summed E-state index contributed by atoms with van der Waals surface area (Å²) in [5, 5.41) is 13.2. The molecule has 0 spiro atoms. The van der Waals surface area contributed by atoms with Gasteiger partial charge in [-0.1, -0.05) is 12.1 Å². The van der Waals surface area contributed by atoms with E-state index in [9.17, 15) is 13.2 Å². The number of amides is 1. The Hall–Kier alpha value is -2.59. The first-order valence-electron chi connectivity index (χ1n) is 10.2. The Morgan fingerprint density at radius 2 is 2.10 bits per heavy atom. The lowest BCUT2D eigenvalue weighted by Gasteiger charge is -2.14. The number of nitrogens with zero attached hydrogens (tertiary/aromatic N) is 1. The first-order chi connectivity index (χ1) is 14.2. The number of alkyl carbamates (subject to hydrolysis) is 1. The Balaban J connectivity index is 1.44. The minimum atomic E-state index is -3.55. The molecular weight excluding hydrogens is 406 g/mol. The number of hydrogen-bond acceptors (Lipinski definition) is 6. The molecule has 0 radical (unpaired) electrons. The number of carbonyl (C=O) groups excluding carboxylic acids is 1. The van der Waals surface area contributed by atoms with Gasteiger partial charge in [0.25, 0.3) is 0 Å². The SMILES string of the molecule is CC(C)NC(=O)O[C@@H]1CC[C@H](c2cc(Nc3cccc4c3S(=O)(=O)NC4C)n[nH]2)C1. The maximum Gasteiger partial charge on any atom is 0.407 e. The molecule has 1 fully saturated rings. The van der Waals surface area contributed by atoms with Crippen LogP contribution in [-0.4, -0.2) is 36.9 Å². The molecule has 2 heterocycles. The van der Waals surface area contributed by atoms with Crippen LogP contribution in [0.5, 0.6) is 0 Å². The molecule has 1 unspecified atom stereocenters. The van der Waals surface area contributed by atoms with Gasteiger partial charge in [-0.05, 0) is 51.7 Å². The molecule has 0 bridgehead atoms. The van der Waals surface area contributed by atoms with Gasteiger partial charge in [0, 0.05) is 29.8 Å². The van der Waals surface area contributed by atoms with Crippen LogP contribution < -0.4 is 15.4 Å². The quantitative estimate of drug-likeness (QED) is 0.573. The van der Waals surface area contributed by atoms with E-state index in [1.807, 2.05) is 39.0 Å². The molecule has 10 heteroatoms. The standard InChI is InChI=1S/C20H27N5O4S/c1-11(2)21-20(26)29-14-8-7-13(9-14)17-10-18(24-23-17)22-16-6-4-5-15-12(3)25-30(27,28)19(15)16/h4-6,10-14,25H,7-9H2,1-3H3,(H,21,26)(H2,22,23,24)/t12?,13-,14+/m0/s1. The first-order valence-corrected chi connectivity index (χ1v) is 11.7. The molecule has 1 aliphatic carbocycles. The lowest BCUT2D eigenvalue weighted by atomic mass is 10.0. The van der Waals surface area contributed by atoms with Crippen molar-refractivity contribution < 1.29 is 17.9 Å². The van der Waals surface area contributed by atoms with Crippen molar-refractivity contribution in [2.45, 2.75) is 69.0 Å². The molecule has 0 saturated heterocycles. The predicted molar refractivity (Wildman–Crippen MR) is 112 cm³/mol. The highest BCUT2D eigenvalue weighted by Crippen LogP contribution is 2.38. The van der Waals surface area contributed by atoms with E-state index in [2.05, 4.69) is 25.6 Å². The zero-order chi connectivity index (χ0) is 21.5. The van der Waals surface area contributed by atoms with Gasteiger partial charge in [0.2, 0.25) is 10.0 Å². The van der Waals surface area contributed by atoms with Crippen molar-refractivity contribution in [2.24, 2.45) is 0 Å². The number of aromatic nitrogens is 2. The van der Waals surface area contributed by atoms with Gasteiger partial charge in [0.15, 0.2) is 5.82 Å². The highest BCUT2D eigenvalue weighted by molar-refractivity contribution is 7.90. The van der Waals surface area contributed by atoms with Crippen molar-refractivity contribution in [1.82, 2.24) is 20.2 Å². The summed E-state index contributed by atoms with van der Waals surface area (Å²) in [5.74, 6) is 0.756. The van der Waals surface area contributed by atoms with E-state index in [1.54, 1.807) is 6.07 Å². The normalized spacial score (nSPS) is 24.6. The maximum absolute atomic E-state index is 12.5. The van der Waals surface area contributed by atoms with Gasteiger partial charge in [-0.3, -0.25) is 5.10 Å². The largest absolute Gasteiger partial charge is 0.446 e. The lowest BCUT2D eigenvalue weighted by molar-refractivity contribution is 0.0981. The van der Waals surface area contributed by atoms with Gasteiger partial charge in [0.1, 0.15) is 11.0 Å². The van der Waals surface area contributed by atoms with Gasteiger partial charge in [-0.25, -0.2) is 17.9 Å². The molecule has 9 nitrogen and oxygen atoms in total. The van der Waals surface area contributed by atoms with Gasteiger partial charge in [0.05, 0.1) is 5.69 Å². The lowest BCUT2D eigenvalue weighted by Crippen LogP contribution is -2.33. The van der Waals surface area contributed by atoms with Crippen molar-refractivity contribution in [1.29, 1.82) is 0 Å². The second kappa shape index (κ2) is 7.92. The summed E-state index contributed by atoms with van der Waals surface area (Å²) < 4.78 is 33.0. The molecule has 1 saturated carbocycles. The minimum Gasteiger partial charge on any atom is -0.446 e. The molecule has 1 amide bonds. The summed E-state index contributed by atoms with van der Waals surface area (Å²) in [7, 11) is -3.55. The van der Waals surface area contributed by atoms with Gasteiger partial charge < -0.3 is 15.4 Å².